The fraction of sp³-hybridized carbons (Fsp3) is 0.444. The van der Waals surface area contributed by atoms with Crippen LogP contribution in [-0.4, -0.2) is 42.0 Å². The number of benzene rings is 1. The summed E-state index contributed by atoms with van der Waals surface area (Å²) >= 11 is 1.25. The van der Waals surface area contributed by atoms with Gasteiger partial charge in [-0.25, -0.2) is 4.98 Å². The van der Waals surface area contributed by atoms with E-state index in [0.29, 0.717) is 16.3 Å². The quantitative estimate of drug-likeness (QED) is 0.741. The zero-order chi connectivity index (χ0) is 18.7. The Labute approximate surface area is 178 Å². The standard InChI is InChI=1S/C18H20F3N3OS.2ClH/c1-24(15-5-7-22-8-6-15)16(25)10-14-11-26-17(23-14)12-3-2-4-13(9-12)18(19,20)21;;/h2-4,9,11,15,22H,5-8,10H2,1H3;2*1H. The van der Waals surface area contributed by atoms with Crippen molar-refractivity contribution in [2.24, 2.45) is 0 Å². The molecule has 2 heterocycles. The summed E-state index contributed by atoms with van der Waals surface area (Å²) in [5.74, 6) is -0.0159. The molecule has 0 bridgehead atoms. The maximum atomic E-state index is 12.9. The molecule has 1 aliphatic heterocycles. The zero-order valence-electron chi connectivity index (χ0n) is 15.2. The third kappa shape index (κ3) is 6.07. The van der Waals surface area contributed by atoms with Gasteiger partial charge in [0.25, 0.3) is 0 Å². The highest BCUT2D eigenvalue weighted by Crippen LogP contribution is 2.33. The van der Waals surface area contributed by atoms with Crippen molar-refractivity contribution in [3.05, 3.63) is 40.9 Å². The summed E-state index contributed by atoms with van der Waals surface area (Å²) in [4.78, 5) is 18.6. The van der Waals surface area contributed by atoms with Gasteiger partial charge in [-0.2, -0.15) is 13.2 Å². The number of piperidine rings is 1. The van der Waals surface area contributed by atoms with Crippen molar-refractivity contribution < 1.29 is 18.0 Å². The van der Waals surface area contributed by atoms with Crippen LogP contribution in [0, 0.1) is 0 Å². The number of thiazole rings is 1. The summed E-state index contributed by atoms with van der Waals surface area (Å²) in [5.41, 5.74) is 0.303. The summed E-state index contributed by atoms with van der Waals surface area (Å²) in [6.07, 6.45) is -2.37. The van der Waals surface area contributed by atoms with E-state index in [1.807, 2.05) is 0 Å². The van der Waals surface area contributed by atoms with Crippen molar-refractivity contribution in [1.29, 1.82) is 0 Å². The molecule has 1 saturated heterocycles. The molecule has 0 spiro atoms. The van der Waals surface area contributed by atoms with Crippen molar-refractivity contribution in [2.45, 2.75) is 31.5 Å². The van der Waals surface area contributed by atoms with E-state index in [2.05, 4.69) is 10.3 Å². The van der Waals surface area contributed by atoms with Gasteiger partial charge in [0.15, 0.2) is 0 Å². The summed E-state index contributed by atoms with van der Waals surface area (Å²) in [6.45, 7) is 1.80. The van der Waals surface area contributed by atoms with Crippen molar-refractivity contribution >= 4 is 42.1 Å². The number of halogens is 5. The molecule has 10 heteroatoms. The molecule has 1 fully saturated rings. The number of aromatic nitrogens is 1. The molecule has 0 unspecified atom stereocenters. The number of nitrogens with zero attached hydrogens (tertiary/aromatic N) is 2. The third-order valence-corrected chi connectivity index (χ3v) is 5.51. The van der Waals surface area contributed by atoms with E-state index >= 15 is 0 Å². The van der Waals surface area contributed by atoms with Gasteiger partial charge in [-0.15, -0.1) is 36.2 Å². The molecule has 3 rings (SSSR count). The van der Waals surface area contributed by atoms with Crippen molar-refractivity contribution in [3.63, 3.8) is 0 Å². The second-order valence-corrected chi connectivity index (χ2v) is 7.24. The molecule has 28 heavy (non-hydrogen) atoms. The Morgan fingerprint density at radius 1 is 1.29 bits per heavy atom. The van der Waals surface area contributed by atoms with Gasteiger partial charge in [0.2, 0.25) is 5.91 Å². The van der Waals surface area contributed by atoms with Gasteiger partial charge in [-0.1, -0.05) is 12.1 Å². The lowest BCUT2D eigenvalue weighted by Crippen LogP contribution is -2.44. The molecule has 1 aromatic carbocycles. The number of hydrogen-bond donors (Lipinski definition) is 1. The molecule has 4 nitrogen and oxygen atoms in total. The average Bonchev–Trinajstić information content (AvgIpc) is 3.09. The molecule has 0 radical (unpaired) electrons. The number of hydrogen-bond acceptors (Lipinski definition) is 4. The fourth-order valence-corrected chi connectivity index (χ4v) is 3.84. The first kappa shape index (κ1) is 24.7. The predicted octanol–water partition coefficient (Wildman–Crippen LogP) is 4.43. The zero-order valence-corrected chi connectivity index (χ0v) is 17.6. The second-order valence-electron chi connectivity index (χ2n) is 6.39. The van der Waals surface area contributed by atoms with E-state index < -0.39 is 11.7 Å². The fourth-order valence-electron chi connectivity index (χ4n) is 3.03. The molecule has 1 amide bonds. The highest BCUT2D eigenvalue weighted by Gasteiger charge is 2.30. The molecule has 0 saturated carbocycles. The van der Waals surface area contributed by atoms with E-state index in [0.717, 1.165) is 38.1 Å². The van der Waals surface area contributed by atoms with Crippen molar-refractivity contribution in [3.8, 4) is 10.6 Å². The van der Waals surface area contributed by atoms with E-state index in [9.17, 15) is 18.0 Å². The lowest BCUT2D eigenvalue weighted by Gasteiger charge is -2.31. The first-order valence-corrected chi connectivity index (χ1v) is 9.31. The molecule has 2 aromatic rings. The number of likely N-dealkylation sites (N-methyl/N-ethyl adjacent to an activating group) is 1. The minimum absolute atomic E-state index is 0. The van der Waals surface area contributed by atoms with Crippen LogP contribution in [0.2, 0.25) is 0 Å². The number of carbonyl (C=O) groups is 1. The highest BCUT2D eigenvalue weighted by atomic mass is 35.5. The Morgan fingerprint density at radius 2 is 1.96 bits per heavy atom. The smallest absolute Gasteiger partial charge is 0.342 e. The number of nitrogens with one attached hydrogen (secondary N) is 1. The predicted molar refractivity (Wildman–Crippen MR) is 109 cm³/mol. The molecular weight excluding hydrogens is 434 g/mol. The second kappa shape index (κ2) is 10.4. The lowest BCUT2D eigenvalue weighted by atomic mass is 10.0. The van der Waals surface area contributed by atoms with Crippen LogP contribution in [0.5, 0.6) is 0 Å². The summed E-state index contributed by atoms with van der Waals surface area (Å²) in [5, 5.41) is 5.50. The van der Waals surface area contributed by atoms with Gasteiger partial charge < -0.3 is 10.2 Å². The van der Waals surface area contributed by atoms with Gasteiger partial charge in [0, 0.05) is 24.0 Å². The van der Waals surface area contributed by atoms with Crippen LogP contribution in [0.25, 0.3) is 10.6 Å². The van der Waals surface area contributed by atoms with Crippen molar-refractivity contribution in [2.75, 3.05) is 20.1 Å². The highest BCUT2D eigenvalue weighted by molar-refractivity contribution is 7.13. The van der Waals surface area contributed by atoms with Gasteiger partial charge in [0.05, 0.1) is 17.7 Å². The Kier molecular flexibility index (Phi) is 9.20. The molecule has 1 aliphatic rings. The summed E-state index contributed by atoms with van der Waals surface area (Å²) in [6, 6.07) is 5.32. The van der Waals surface area contributed by atoms with Crippen LogP contribution in [0.15, 0.2) is 29.6 Å². The van der Waals surface area contributed by atoms with Crippen molar-refractivity contribution in [1.82, 2.24) is 15.2 Å². The first-order valence-electron chi connectivity index (χ1n) is 8.43. The first-order chi connectivity index (χ1) is 12.3. The largest absolute Gasteiger partial charge is 0.416 e. The summed E-state index contributed by atoms with van der Waals surface area (Å²) in [7, 11) is 1.80. The normalized spacial score (nSPS) is 14.7. The average molecular weight is 456 g/mol. The Balaban J connectivity index is 0.00000196. The molecule has 0 atom stereocenters. The van der Waals surface area contributed by atoms with E-state index in [4.69, 9.17) is 0 Å². The van der Waals surface area contributed by atoms with Crippen LogP contribution in [0.4, 0.5) is 13.2 Å². The maximum absolute atomic E-state index is 12.9. The molecule has 1 aromatic heterocycles. The van der Waals surface area contributed by atoms with Gasteiger partial charge in [-0.05, 0) is 38.1 Å². The Morgan fingerprint density at radius 3 is 2.61 bits per heavy atom. The molecular formula is C18H22Cl2F3N3OS. The Bertz CT molecular complexity index is 779. The van der Waals surface area contributed by atoms with Crippen LogP contribution < -0.4 is 5.32 Å². The molecule has 156 valence electrons. The maximum Gasteiger partial charge on any atom is 0.416 e. The minimum atomic E-state index is -4.39. The molecule has 0 aliphatic carbocycles. The van der Waals surface area contributed by atoms with E-state index in [1.54, 1.807) is 23.4 Å². The SMILES string of the molecule is CN(C(=O)Cc1csc(-c2cccc(C(F)(F)F)c2)n1)C1CCNCC1.Cl.Cl. The summed E-state index contributed by atoms with van der Waals surface area (Å²) < 4.78 is 38.6. The monoisotopic (exact) mass is 455 g/mol. The van der Waals surface area contributed by atoms with Gasteiger partial charge in [0.1, 0.15) is 5.01 Å². The topological polar surface area (TPSA) is 45.2 Å². The van der Waals surface area contributed by atoms with Crippen LogP contribution in [0.1, 0.15) is 24.1 Å². The number of amides is 1. The van der Waals surface area contributed by atoms with Crippen LogP contribution in [-0.2, 0) is 17.4 Å². The van der Waals surface area contributed by atoms with Gasteiger partial charge >= 0.3 is 6.18 Å². The molecule has 1 N–H and O–H groups in total. The number of alkyl halides is 3. The number of rotatable bonds is 4. The third-order valence-electron chi connectivity index (χ3n) is 4.57. The van der Waals surface area contributed by atoms with Gasteiger partial charge in [-0.3, -0.25) is 4.79 Å². The minimum Gasteiger partial charge on any atom is -0.342 e. The lowest BCUT2D eigenvalue weighted by molar-refractivity contribution is -0.137. The van der Waals surface area contributed by atoms with Crippen LogP contribution in [0.3, 0.4) is 0 Å². The van der Waals surface area contributed by atoms with E-state index in [-0.39, 0.29) is 43.2 Å². The number of carbonyl (C=O) groups excluding carboxylic acids is 1. The van der Waals surface area contributed by atoms with Crippen LogP contribution >= 0.6 is 36.2 Å². The Hall–Kier alpha value is -1.35. The van der Waals surface area contributed by atoms with E-state index in [1.165, 1.54) is 17.4 Å².